The van der Waals surface area contributed by atoms with Gasteiger partial charge in [0.2, 0.25) is 0 Å². The summed E-state index contributed by atoms with van der Waals surface area (Å²) < 4.78 is 25.5. The van der Waals surface area contributed by atoms with Gasteiger partial charge in [-0.05, 0) is 60.5 Å². The molecule has 188 valence electrons. The van der Waals surface area contributed by atoms with Crippen LogP contribution in [-0.2, 0) is 22.6 Å². The number of imide groups is 2. The van der Waals surface area contributed by atoms with Gasteiger partial charge in [0.25, 0.3) is 11.8 Å². The summed E-state index contributed by atoms with van der Waals surface area (Å²) >= 11 is 5.91. The number of halogens is 2. The second-order valence-electron chi connectivity index (χ2n) is 8.02. The molecule has 1 heterocycles. The molecule has 0 aromatic heterocycles. The molecule has 0 spiro atoms. The van der Waals surface area contributed by atoms with Crippen LogP contribution in [-0.4, -0.2) is 25.0 Å². The Balaban J connectivity index is 1.70. The Labute approximate surface area is 217 Å². The van der Waals surface area contributed by atoms with E-state index < -0.39 is 23.7 Å². The van der Waals surface area contributed by atoms with Gasteiger partial charge in [0.1, 0.15) is 18.0 Å². The highest BCUT2D eigenvalue weighted by molar-refractivity contribution is 6.39. The monoisotopic (exact) mass is 520 g/mol. The third kappa shape index (κ3) is 5.54. The van der Waals surface area contributed by atoms with Crippen molar-refractivity contribution >= 4 is 41.2 Å². The molecular formula is C28H22ClFN2O5. The number of nitrogens with zero attached hydrogens (tertiary/aromatic N) is 1. The van der Waals surface area contributed by atoms with E-state index >= 15 is 0 Å². The summed E-state index contributed by atoms with van der Waals surface area (Å²) in [5.41, 5.74) is 1.48. The molecule has 0 atom stereocenters. The zero-order valence-corrected chi connectivity index (χ0v) is 20.5. The van der Waals surface area contributed by atoms with Crippen molar-refractivity contribution in [1.29, 1.82) is 0 Å². The van der Waals surface area contributed by atoms with Crippen molar-refractivity contribution in [3.05, 3.63) is 106 Å². The van der Waals surface area contributed by atoms with Gasteiger partial charge in [-0.15, -0.1) is 6.58 Å². The number of anilines is 1. The lowest BCUT2D eigenvalue weighted by molar-refractivity contribution is -0.122. The van der Waals surface area contributed by atoms with Crippen molar-refractivity contribution in [2.45, 2.75) is 13.0 Å². The fraction of sp³-hybridized carbons (Fsp3) is 0.107. The summed E-state index contributed by atoms with van der Waals surface area (Å²) in [7, 11) is 1.44. The van der Waals surface area contributed by atoms with Crippen LogP contribution in [0.3, 0.4) is 0 Å². The number of allylic oxidation sites excluding steroid dienone is 1. The number of benzene rings is 3. The Morgan fingerprint density at radius 3 is 2.46 bits per heavy atom. The van der Waals surface area contributed by atoms with Crippen LogP contribution in [0.2, 0.25) is 5.02 Å². The van der Waals surface area contributed by atoms with Crippen molar-refractivity contribution in [2.24, 2.45) is 0 Å². The number of carbonyl (C=O) groups excluding carboxylic acids is 3. The minimum Gasteiger partial charge on any atom is -0.493 e. The van der Waals surface area contributed by atoms with Crippen LogP contribution in [0.5, 0.6) is 11.5 Å². The molecular weight excluding hydrogens is 499 g/mol. The third-order valence-electron chi connectivity index (χ3n) is 5.57. The van der Waals surface area contributed by atoms with Gasteiger partial charge in [-0.2, -0.15) is 0 Å². The smallest absolute Gasteiger partial charge is 0.335 e. The lowest BCUT2D eigenvalue weighted by Crippen LogP contribution is -2.54. The first kappa shape index (κ1) is 25.7. The summed E-state index contributed by atoms with van der Waals surface area (Å²) in [4.78, 5) is 39.1. The third-order valence-corrected chi connectivity index (χ3v) is 5.82. The number of carbonyl (C=O) groups is 3. The van der Waals surface area contributed by atoms with Crippen molar-refractivity contribution in [3.63, 3.8) is 0 Å². The van der Waals surface area contributed by atoms with E-state index in [2.05, 4.69) is 11.9 Å². The summed E-state index contributed by atoms with van der Waals surface area (Å²) in [5.74, 6) is -1.32. The van der Waals surface area contributed by atoms with E-state index in [-0.39, 0.29) is 17.9 Å². The SMILES string of the molecule is C=CCc1cc(/C=C2\C(=O)NC(=O)N(c3ccc(Cl)cc3)C2=O)cc(OC)c1OCc1ccccc1F. The molecule has 0 radical (unpaired) electrons. The zero-order chi connectivity index (χ0) is 26.5. The van der Waals surface area contributed by atoms with Gasteiger partial charge in [-0.25, -0.2) is 14.1 Å². The van der Waals surface area contributed by atoms with Crippen LogP contribution >= 0.6 is 11.6 Å². The van der Waals surface area contributed by atoms with E-state index in [1.165, 1.54) is 43.5 Å². The van der Waals surface area contributed by atoms with Crippen LogP contribution in [0, 0.1) is 5.82 Å². The van der Waals surface area contributed by atoms with Gasteiger partial charge in [-0.1, -0.05) is 35.9 Å². The predicted octanol–water partition coefficient (Wildman–Crippen LogP) is 5.46. The average molecular weight is 521 g/mol. The molecule has 0 unspecified atom stereocenters. The Morgan fingerprint density at radius 1 is 1.05 bits per heavy atom. The maximum atomic E-state index is 14.1. The minimum absolute atomic E-state index is 0.0351. The number of methoxy groups -OCH3 is 1. The highest BCUT2D eigenvalue weighted by atomic mass is 35.5. The number of hydrogen-bond donors (Lipinski definition) is 1. The lowest BCUT2D eigenvalue weighted by atomic mass is 10.0. The first-order chi connectivity index (χ1) is 17.8. The van der Waals surface area contributed by atoms with Crippen LogP contribution in [0.25, 0.3) is 6.08 Å². The number of hydrogen-bond acceptors (Lipinski definition) is 5. The van der Waals surface area contributed by atoms with E-state index in [1.807, 2.05) is 0 Å². The number of urea groups is 1. The fourth-order valence-corrected chi connectivity index (χ4v) is 3.93. The fourth-order valence-electron chi connectivity index (χ4n) is 3.80. The molecule has 3 aromatic rings. The molecule has 7 nitrogen and oxygen atoms in total. The van der Waals surface area contributed by atoms with Crippen molar-refractivity contribution < 1.29 is 28.2 Å². The molecule has 1 N–H and O–H groups in total. The highest BCUT2D eigenvalue weighted by Gasteiger charge is 2.36. The van der Waals surface area contributed by atoms with Crippen LogP contribution < -0.4 is 19.7 Å². The molecule has 1 aliphatic heterocycles. The van der Waals surface area contributed by atoms with Crippen LogP contribution in [0.4, 0.5) is 14.9 Å². The van der Waals surface area contributed by atoms with Gasteiger partial charge in [-0.3, -0.25) is 14.9 Å². The van der Waals surface area contributed by atoms with E-state index in [0.29, 0.717) is 39.6 Å². The molecule has 3 aromatic carbocycles. The van der Waals surface area contributed by atoms with Gasteiger partial charge in [0.15, 0.2) is 11.5 Å². The Bertz CT molecular complexity index is 1420. The van der Waals surface area contributed by atoms with Gasteiger partial charge in [0.05, 0.1) is 12.8 Å². The number of barbiturate groups is 1. The molecule has 1 saturated heterocycles. The second-order valence-corrected chi connectivity index (χ2v) is 8.46. The van der Waals surface area contributed by atoms with Gasteiger partial charge < -0.3 is 9.47 Å². The zero-order valence-electron chi connectivity index (χ0n) is 19.8. The van der Waals surface area contributed by atoms with E-state index in [0.717, 1.165) is 4.90 Å². The number of nitrogens with one attached hydrogen (secondary N) is 1. The molecule has 0 saturated carbocycles. The number of rotatable bonds is 8. The summed E-state index contributed by atoms with van der Waals surface area (Å²) in [6.45, 7) is 3.73. The molecule has 1 fully saturated rings. The topological polar surface area (TPSA) is 84.9 Å². The Kier molecular flexibility index (Phi) is 7.69. The highest BCUT2D eigenvalue weighted by Crippen LogP contribution is 2.35. The van der Waals surface area contributed by atoms with Crippen molar-refractivity contribution in [3.8, 4) is 11.5 Å². The number of ether oxygens (including phenoxy) is 2. The average Bonchev–Trinajstić information content (AvgIpc) is 2.87. The Morgan fingerprint density at radius 2 is 1.78 bits per heavy atom. The number of amides is 4. The van der Waals surface area contributed by atoms with E-state index in [1.54, 1.807) is 36.4 Å². The van der Waals surface area contributed by atoms with Crippen LogP contribution in [0.15, 0.2) is 78.9 Å². The molecule has 0 bridgehead atoms. The molecule has 4 rings (SSSR count). The van der Waals surface area contributed by atoms with Crippen molar-refractivity contribution in [1.82, 2.24) is 5.32 Å². The molecule has 1 aliphatic rings. The summed E-state index contributed by atoms with van der Waals surface area (Å²) in [6.07, 6.45) is 3.39. The molecule has 37 heavy (non-hydrogen) atoms. The second kappa shape index (κ2) is 11.1. The van der Waals surface area contributed by atoms with E-state index in [9.17, 15) is 18.8 Å². The summed E-state index contributed by atoms with van der Waals surface area (Å²) in [6, 6.07) is 14.8. The quantitative estimate of drug-likeness (QED) is 0.242. The molecule has 4 amide bonds. The minimum atomic E-state index is -0.865. The Hall–Kier alpha value is -4.43. The maximum absolute atomic E-state index is 14.1. The molecule has 0 aliphatic carbocycles. The largest absolute Gasteiger partial charge is 0.493 e. The maximum Gasteiger partial charge on any atom is 0.335 e. The van der Waals surface area contributed by atoms with Gasteiger partial charge in [0, 0.05) is 16.1 Å². The first-order valence-electron chi connectivity index (χ1n) is 11.2. The summed E-state index contributed by atoms with van der Waals surface area (Å²) in [5, 5.41) is 2.62. The normalized spacial score (nSPS) is 14.5. The lowest BCUT2D eigenvalue weighted by Gasteiger charge is -2.26. The van der Waals surface area contributed by atoms with Gasteiger partial charge >= 0.3 is 6.03 Å². The standard InChI is InChI=1S/C28H22ClFN2O5/c1-3-6-18-13-17(15-24(36-2)25(18)37-16-19-7-4-5-8-23(19)30)14-22-26(33)31-28(35)32(27(22)34)21-11-9-20(29)10-12-21/h3-5,7-15H,1,6,16H2,2H3,(H,31,33,35)/b22-14+. The predicted molar refractivity (Wildman–Crippen MR) is 138 cm³/mol. The first-order valence-corrected chi connectivity index (χ1v) is 11.5. The van der Waals surface area contributed by atoms with E-state index in [4.69, 9.17) is 21.1 Å². The molecule has 9 heteroatoms. The van der Waals surface area contributed by atoms with Crippen LogP contribution in [0.1, 0.15) is 16.7 Å². The van der Waals surface area contributed by atoms with Crippen molar-refractivity contribution in [2.75, 3.05) is 12.0 Å².